The van der Waals surface area contributed by atoms with E-state index >= 15 is 0 Å². The van der Waals surface area contributed by atoms with Crippen molar-refractivity contribution in [1.82, 2.24) is 20.2 Å². The van der Waals surface area contributed by atoms with Gasteiger partial charge in [-0.05, 0) is 71.0 Å². The molecule has 30 heavy (non-hydrogen) atoms. The highest BCUT2D eigenvalue weighted by Gasteiger charge is 2.25. The van der Waals surface area contributed by atoms with E-state index in [0.717, 1.165) is 22.6 Å². The lowest BCUT2D eigenvalue weighted by Gasteiger charge is -2.24. The van der Waals surface area contributed by atoms with Crippen LogP contribution in [0.25, 0.3) is 5.70 Å². The van der Waals surface area contributed by atoms with E-state index in [1.54, 1.807) is 30.8 Å². The molecule has 1 unspecified atom stereocenters. The molecule has 4 rings (SSSR count). The minimum absolute atomic E-state index is 0.0270. The quantitative estimate of drug-likeness (QED) is 0.629. The first-order valence-corrected chi connectivity index (χ1v) is 9.21. The third-order valence-corrected chi connectivity index (χ3v) is 4.55. The van der Waals surface area contributed by atoms with E-state index in [2.05, 4.69) is 25.6 Å². The minimum Gasteiger partial charge on any atom is -0.497 e. The lowest BCUT2D eigenvalue weighted by molar-refractivity contribution is -0.0514. The van der Waals surface area contributed by atoms with Crippen LogP contribution in [0.5, 0.6) is 17.2 Å². The molecule has 156 valence electrons. The van der Waals surface area contributed by atoms with Crippen LogP contribution < -0.4 is 19.5 Å². The number of allylic oxidation sites excluding steroid dienone is 1. The summed E-state index contributed by atoms with van der Waals surface area (Å²) in [5, 5.41) is 15.0. The van der Waals surface area contributed by atoms with Crippen molar-refractivity contribution in [1.29, 1.82) is 0 Å². The monoisotopic (exact) mass is 415 g/mol. The first-order valence-electron chi connectivity index (χ1n) is 9.21. The van der Waals surface area contributed by atoms with Crippen LogP contribution in [-0.2, 0) is 0 Å². The van der Waals surface area contributed by atoms with Gasteiger partial charge >= 0.3 is 6.61 Å². The summed E-state index contributed by atoms with van der Waals surface area (Å²) in [6.07, 6.45) is 1.95. The predicted molar refractivity (Wildman–Crippen MR) is 105 cm³/mol. The highest BCUT2D eigenvalue weighted by Crippen LogP contribution is 2.37. The fraction of sp³-hybridized carbons (Fsp3) is 0.250. The zero-order chi connectivity index (χ0) is 21.1. The third-order valence-electron chi connectivity index (χ3n) is 4.55. The molecule has 0 saturated heterocycles. The molecule has 2 aromatic carbocycles. The number of hydrogen-bond donors (Lipinski definition) is 1. The number of tetrazole rings is 1. The summed E-state index contributed by atoms with van der Waals surface area (Å²) in [4.78, 5) is 0. The van der Waals surface area contributed by atoms with Gasteiger partial charge in [0.1, 0.15) is 11.8 Å². The average Bonchev–Trinajstić information content (AvgIpc) is 3.23. The van der Waals surface area contributed by atoms with Crippen LogP contribution in [0.2, 0.25) is 0 Å². The minimum atomic E-state index is -2.94. The maximum atomic E-state index is 12.7. The van der Waals surface area contributed by atoms with Crippen LogP contribution >= 0.6 is 0 Å². The molecule has 1 atom stereocenters. The Morgan fingerprint density at radius 3 is 2.63 bits per heavy atom. The number of ether oxygens (including phenoxy) is 3. The van der Waals surface area contributed by atoms with Gasteiger partial charge in [0.05, 0.1) is 13.7 Å². The van der Waals surface area contributed by atoms with E-state index < -0.39 is 6.61 Å². The van der Waals surface area contributed by atoms with E-state index in [4.69, 9.17) is 9.47 Å². The van der Waals surface area contributed by atoms with Crippen molar-refractivity contribution in [2.45, 2.75) is 19.6 Å². The number of nitrogens with zero attached hydrogens (tertiary/aromatic N) is 4. The Balaban J connectivity index is 1.74. The maximum absolute atomic E-state index is 12.7. The van der Waals surface area contributed by atoms with Crippen molar-refractivity contribution < 1.29 is 23.0 Å². The Labute approximate surface area is 171 Å². The standard InChI is InChI=1S/C20H19F2N5O3/c1-3-29-18-10-13(6-9-17(18)30-19(21)22)16-11-15(23-20-24-25-26-27(16)20)12-4-7-14(28-2)8-5-12/h4-11,16,19H,3H2,1-2H3,(H,23,24,26). The average molecular weight is 415 g/mol. The Morgan fingerprint density at radius 1 is 1.13 bits per heavy atom. The molecule has 0 aliphatic carbocycles. The highest BCUT2D eigenvalue weighted by molar-refractivity contribution is 5.77. The van der Waals surface area contributed by atoms with E-state index in [1.807, 2.05) is 30.3 Å². The first-order chi connectivity index (χ1) is 14.6. The number of aromatic nitrogens is 4. The molecule has 0 amide bonds. The molecule has 0 saturated carbocycles. The Bertz CT molecular complexity index is 1050. The molecular formula is C20H19F2N5O3. The van der Waals surface area contributed by atoms with Gasteiger partial charge in [-0.25, -0.2) is 0 Å². The number of methoxy groups -OCH3 is 1. The smallest absolute Gasteiger partial charge is 0.387 e. The third kappa shape index (κ3) is 3.88. The van der Waals surface area contributed by atoms with E-state index in [9.17, 15) is 8.78 Å². The second-order valence-electron chi connectivity index (χ2n) is 6.34. The molecule has 1 aromatic heterocycles. The molecule has 10 heteroatoms. The van der Waals surface area contributed by atoms with E-state index in [1.165, 1.54) is 6.07 Å². The van der Waals surface area contributed by atoms with Crippen LogP contribution in [0.3, 0.4) is 0 Å². The Kier molecular flexibility index (Phi) is 5.46. The van der Waals surface area contributed by atoms with Gasteiger partial charge in [0.25, 0.3) is 0 Å². The number of halogens is 2. The van der Waals surface area contributed by atoms with Crippen molar-refractivity contribution >= 4 is 11.6 Å². The molecule has 3 aromatic rings. The Morgan fingerprint density at radius 2 is 1.93 bits per heavy atom. The first kappa shape index (κ1) is 19.6. The van der Waals surface area contributed by atoms with Gasteiger partial charge in [0, 0.05) is 5.70 Å². The summed E-state index contributed by atoms with van der Waals surface area (Å²) in [5.74, 6) is 1.40. The SMILES string of the molecule is CCOc1cc(C2C=C(c3ccc(OC)cc3)Nc3nnnn32)ccc1OC(F)F. The lowest BCUT2D eigenvalue weighted by Crippen LogP contribution is -2.20. The zero-order valence-corrected chi connectivity index (χ0v) is 16.3. The van der Waals surface area contributed by atoms with Crippen molar-refractivity contribution in [2.24, 2.45) is 0 Å². The summed E-state index contributed by atoms with van der Waals surface area (Å²) in [7, 11) is 1.61. The topological polar surface area (TPSA) is 83.3 Å². The van der Waals surface area contributed by atoms with E-state index in [-0.39, 0.29) is 17.5 Å². The van der Waals surface area contributed by atoms with Gasteiger partial charge in [-0.3, -0.25) is 0 Å². The number of fused-ring (bicyclic) bond motifs is 1. The zero-order valence-electron chi connectivity index (χ0n) is 16.3. The summed E-state index contributed by atoms with van der Waals surface area (Å²) in [5.41, 5.74) is 2.47. The molecule has 1 aliphatic heterocycles. The van der Waals surface area contributed by atoms with Crippen LogP contribution in [-0.4, -0.2) is 40.5 Å². The molecule has 1 N–H and O–H groups in total. The fourth-order valence-corrected chi connectivity index (χ4v) is 3.20. The van der Waals surface area contributed by atoms with Crippen LogP contribution in [0.1, 0.15) is 24.1 Å². The molecular weight excluding hydrogens is 396 g/mol. The second-order valence-corrected chi connectivity index (χ2v) is 6.34. The van der Waals surface area contributed by atoms with Gasteiger partial charge in [0.15, 0.2) is 11.5 Å². The van der Waals surface area contributed by atoms with Crippen LogP contribution in [0.4, 0.5) is 14.7 Å². The normalized spacial score (nSPS) is 15.2. The van der Waals surface area contributed by atoms with Crippen molar-refractivity contribution in [3.05, 3.63) is 59.7 Å². The van der Waals surface area contributed by atoms with Crippen molar-refractivity contribution in [3.63, 3.8) is 0 Å². The summed E-state index contributed by atoms with van der Waals surface area (Å²) in [6.45, 7) is -0.871. The number of hydrogen-bond acceptors (Lipinski definition) is 7. The largest absolute Gasteiger partial charge is 0.497 e. The molecule has 0 radical (unpaired) electrons. The Hall–Kier alpha value is -3.69. The van der Waals surface area contributed by atoms with Gasteiger partial charge in [-0.1, -0.05) is 11.2 Å². The van der Waals surface area contributed by atoms with Gasteiger partial charge in [-0.15, -0.1) is 0 Å². The van der Waals surface area contributed by atoms with Gasteiger partial charge in [0.2, 0.25) is 5.95 Å². The highest BCUT2D eigenvalue weighted by atomic mass is 19.3. The van der Waals surface area contributed by atoms with Crippen molar-refractivity contribution in [2.75, 3.05) is 19.0 Å². The molecule has 1 aliphatic rings. The second kappa shape index (κ2) is 8.36. The van der Waals surface area contributed by atoms with Gasteiger partial charge in [-0.2, -0.15) is 13.5 Å². The van der Waals surface area contributed by atoms with E-state index in [0.29, 0.717) is 12.6 Å². The number of anilines is 1. The van der Waals surface area contributed by atoms with Crippen LogP contribution in [0, 0.1) is 0 Å². The summed E-state index contributed by atoms with van der Waals surface area (Å²) >= 11 is 0. The number of nitrogens with one attached hydrogen (secondary N) is 1. The molecule has 0 spiro atoms. The number of rotatable bonds is 7. The number of benzene rings is 2. The summed E-state index contributed by atoms with van der Waals surface area (Å²) < 4.78 is 42.3. The fourth-order valence-electron chi connectivity index (χ4n) is 3.20. The molecule has 0 bridgehead atoms. The number of alkyl halides is 2. The predicted octanol–water partition coefficient (Wildman–Crippen LogP) is 3.74. The molecule has 8 nitrogen and oxygen atoms in total. The van der Waals surface area contributed by atoms with Crippen LogP contribution in [0.15, 0.2) is 48.5 Å². The van der Waals surface area contributed by atoms with Gasteiger partial charge < -0.3 is 19.5 Å². The molecule has 2 heterocycles. The maximum Gasteiger partial charge on any atom is 0.387 e. The lowest BCUT2D eigenvalue weighted by atomic mass is 10.0. The molecule has 0 fully saturated rings. The summed E-state index contributed by atoms with van der Waals surface area (Å²) in [6, 6.07) is 12.0. The van der Waals surface area contributed by atoms with Crippen molar-refractivity contribution in [3.8, 4) is 17.2 Å².